The lowest BCUT2D eigenvalue weighted by atomic mass is 10.1. The van der Waals surface area contributed by atoms with Gasteiger partial charge in [-0.1, -0.05) is 72.8 Å². The average molecular weight is 527 g/mol. The van der Waals surface area contributed by atoms with Gasteiger partial charge in [0.15, 0.2) is 0 Å². The second-order valence-corrected chi connectivity index (χ2v) is 8.85. The highest BCUT2D eigenvalue weighted by Gasteiger charge is 2.19. The largest absolute Gasteiger partial charge is 0.457 e. The number of nitrogens with one attached hydrogen (secondary N) is 1. The Hall–Kier alpha value is -4.82. The Balaban J connectivity index is 1.51. The Morgan fingerprint density at radius 1 is 0.692 bits per heavy atom. The summed E-state index contributed by atoms with van der Waals surface area (Å²) < 4.78 is 24.3. The van der Waals surface area contributed by atoms with Gasteiger partial charge in [0.2, 0.25) is 5.91 Å². The van der Waals surface area contributed by atoms with Crippen LogP contribution in [-0.4, -0.2) is 23.9 Å². The molecule has 7 nitrogen and oxygen atoms in total. The molecular formula is C31H27FN2O5. The molecule has 0 aliphatic rings. The lowest BCUT2D eigenvalue weighted by Gasteiger charge is -2.15. The van der Waals surface area contributed by atoms with Crippen LogP contribution < -0.4 is 11.1 Å². The molecule has 0 saturated heterocycles. The minimum absolute atomic E-state index is 0.0303. The van der Waals surface area contributed by atoms with Gasteiger partial charge in [-0.25, -0.2) is 14.0 Å². The fraction of sp³-hybridized carbons (Fsp3) is 0.129. The predicted molar refractivity (Wildman–Crippen MR) is 144 cm³/mol. The minimum atomic E-state index is -1.01. The quantitative estimate of drug-likeness (QED) is 0.280. The number of nitrogens with two attached hydrogens (primary N) is 1. The van der Waals surface area contributed by atoms with Crippen molar-refractivity contribution < 1.29 is 28.2 Å². The van der Waals surface area contributed by atoms with Crippen LogP contribution in [0.4, 0.5) is 10.1 Å². The van der Waals surface area contributed by atoms with E-state index in [1.807, 2.05) is 60.7 Å². The number of anilines is 1. The molecule has 0 bridgehead atoms. The van der Waals surface area contributed by atoms with Crippen molar-refractivity contribution in [2.24, 2.45) is 5.73 Å². The molecule has 1 atom stereocenters. The molecule has 0 radical (unpaired) electrons. The van der Waals surface area contributed by atoms with E-state index in [0.717, 1.165) is 11.1 Å². The first kappa shape index (κ1) is 27.2. The van der Waals surface area contributed by atoms with Crippen LogP contribution in [0.5, 0.6) is 0 Å². The standard InChI is InChI=1S/C31H27FN2O5/c32-26-13-7-12-23(14-26)15-28(33)29(35)34-27-17-24(30(36)38-19-21-8-3-1-4-9-21)16-25(18-27)31(37)39-20-22-10-5-2-6-11-22/h1-14,16-18,28H,15,19-20,33H2,(H,34,35)/t28-/m0/s1. The molecule has 0 unspecified atom stereocenters. The van der Waals surface area contributed by atoms with E-state index in [4.69, 9.17) is 15.2 Å². The highest BCUT2D eigenvalue weighted by atomic mass is 19.1. The van der Waals surface area contributed by atoms with Gasteiger partial charge >= 0.3 is 11.9 Å². The van der Waals surface area contributed by atoms with Crippen molar-refractivity contribution in [3.63, 3.8) is 0 Å². The normalized spacial score (nSPS) is 11.3. The van der Waals surface area contributed by atoms with Gasteiger partial charge in [0, 0.05) is 5.69 Å². The molecule has 198 valence electrons. The van der Waals surface area contributed by atoms with Crippen molar-refractivity contribution in [2.45, 2.75) is 25.7 Å². The van der Waals surface area contributed by atoms with Crippen molar-refractivity contribution >= 4 is 23.5 Å². The van der Waals surface area contributed by atoms with Crippen LogP contribution in [0, 0.1) is 5.82 Å². The summed E-state index contributed by atoms with van der Waals surface area (Å²) in [5, 5.41) is 2.64. The Morgan fingerprint density at radius 2 is 1.21 bits per heavy atom. The Labute approximate surface area is 225 Å². The van der Waals surface area contributed by atoms with E-state index in [1.54, 1.807) is 6.07 Å². The van der Waals surface area contributed by atoms with E-state index in [0.29, 0.717) is 5.56 Å². The zero-order chi connectivity index (χ0) is 27.6. The summed E-state index contributed by atoms with van der Waals surface area (Å²) in [6, 6.07) is 27.2. The Morgan fingerprint density at radius 3 is 1.72 bits per heavy atom. The van der Waals surface area contributed by atoms with Crippen LogP contribution in [0.3, 0.4) is 0 Å². The zero-order valence-corrected chi connectivity index (χ0v) is 21.0. The molecular weight excluding hydrogens is 499 g/mol. The minimum Gasteiger partial charge on any atom is -0.457 e. The fourth-order valence-corrected chi connectivity index (χ4v) is 3.79. The maximum absolute atomic E-state index is 13.5. The number of ether oxygens (including phenoxy) is 2. The summed E-state index contributed by atoms with van der Waals surface area (Å²) in [5.74, 6) is -2.37. The van der Waals surface area contributed by atoms with Gasteiger partial charge in [-0.2, -0.15) is 0 Å². The van der Waals surface area contributed by atoms with Gasteiger partial charge in [-0.15, -0.1) is 0 Å². The summed E-state index contributed by atoms with van der Waals surface area (Å²) in [6.45, 7) is 0.0606. The van der Waals surface area contributed by atoms with Crippen molar-refractivity contribution in [1.82, 2.24) is 0 Å². The SMILES string of the molecule is N[C@@H](Cc1cccc(F)c1)C(=O)Nc1cc(C(=O)OCc2ccccc2)cc(C(=O)OCc2ccccc2)c1. The topological polar surface area (TPSA) is 108 Å². The van der Waals surface area contributed by atoms with E-state index >= 15 is 0 Å². The highest BCUT2D eigenvalue weighted by molar-refractivity contribution is 6.00. The van der Waals surface area contributed by atoms with Crippen molar-refractivity contribution in [1.29, 1.82) is 0 Å². The maximum atomic E-state index is 13.5. The monoisotopic (exact) mass is 526 g/mol. The molecule has 0 fully saturated rings. The molecule has 8 heteroatoms. The summed E-state index contributed by atoms with van der Waals surface area (Å²) in [5.41, 5.74) is 8.45. The van der Waals surface area contributed by atoms with Gasteiger partial charge in [-0.3, -0.25) is 4.79 Å². The van der Waals surface area contributed by atoms with Gasteiger partial charge in [0.25, 0.3) is 0 Å². The predicted octanol–water partition coefficient (Wildman–Crippen LogP) is 5.05. The van der Waals surface area contributed by atoms with Gasteiger partial charge < -0.3 is 20.5 Å². The lowest BCUT2D eigenvalue weighted by molar-refractivity contribution is -0.117. The van der Waals surface area contributed by atoms with Crippen LogP contribution in [-0.2, 0) is 33.9 Å². The van der Waals surface area contributed by atoms with E-state index in [1.165, 1.54) is 36.4 Å². The zero-order valence-electron chi connectivity index (χ0n) is 21.0. The molecule has 4 aromatic carbocycles. The maximum Gasteiger partial charge on any atom is 0.338 e. The molecule has 0 aromatic heterocycles. The smallest absolute Gasteiger partial charge is 0.338 e. The van der Waals surface area contributed by atoms with Gasteiger partial charge in [-0.05, 0) is 53.4 Å². The van der Waals surface area contributed by atoms with Crippen molar-refractivity contribution in [2.75, 3.05) is 5.32 Å². The number of benzene rings is 4. The number of carbonyl (C=O) groups excluding carboxylic acids is 3. The molecule has 0 aliphatic carbocycles. The Bertz CT molecular complexity index is 1370. The van der Waals surface area contributed by atoms with Crippen LogP contribution >= 0.6 is 0 Å². The first-order valence-corrected chi connectivity index (χ1v) is 12.3. The third kappa shape index (κ3) is 8.08. The lowest BCUT2D eigenvalue weighted by Crippen LogP contribution is -2.37. The van der Waals surface area contributed by atoms with Gasteiger partial charge in [0.05, 0.1) is 17.2 Å². The van der Waals surface area contributed by atoms with E-state index in [9.17, 15) is 18.8 Å². The summed E-state index contributed by atoms with van der Waals surface area (Å²) in [7, 11) is 0. The fourth-order valence-electron chi connectivity index (χ4n) is 3.79. The van der Waals surface area contributed by atoms with Crippen molar-refractivity contribution in [3.8, 4) is 0 Å². The number of carbonyl (C=O) groups is 3. The molecule has 4 rings (SSSR count). The first-order chi connectivity index (χ1) is 18.9. The number of rotatable bonds is 10. The van der Waals surface area contributed by atoms with Crippen LogP contribution in [0.1, 0.15) is 37.4 Å². The molecule has 1 amide bonds. The van der Waals surface area contributed by atoms with Crippen molar-refractivity contribution in [3.05, 3.63) is 137 Å². The third-order valence-corrected chi connectivity index (χ3v) is 5.78. The summed E-state index contributed by atoms with van der Waals surface area (Å²) in [6.07, 6.45) is 0.0916. The molecule has 0 saturated carbocycles. The van der Waals surface area contributed by atoms with Crippen LogP contribution in [0.25, 0.3) is 0 Å². The van der Waals surface area contributed by atoms with E-state index in [-0.39, 0.29) is 36.4 Å². The summed E-state index contributed by atoms with van der Waals surface area (Å²) >= 11 is 0. The molecule has 39 heavy (non-hydrogen) atoms. The van der Waals surface area contributed by atoms with E-state index in [2.05, 4.69) is 5.32 Å². The summed E-state index contributed by atoms with van der Waals surface area (Å²) in [4.78, 5) is 38.6. The second-order valence-electron chi connectivity index (χ2n) is 8.85. The number of halogens is 1. The number of hydrogen-bond donors (Lipinski definition) is 2. The molecule has 0 spiro atoms. The molecule has 0 aliphatic heterocycles. The number of esters is 2. The molecule has 0 heterocycles. The molecule has 4 aromatic rings. The Kier molecular flexibility index (Phi) is 9.16. The first-order valence-electron chi connectivity index (χ1n) is 12.3. The van der Waals surface area contributed by atoms with Crippen LogP contribution in [0.2, 0.25) is 0 Å². The number of amides is 1. The van der Waals surface area contributed by atoms with Gasteiger partial charge in [0.1, 0.15) is 19.0 Å². The van der Waals surface area contributed by atoms with Crippen LogP contribution in [0.15, 0.2) is 103 Å². The highest BCUT2D eigenvalue weighted by Crippen LogP contribution is 2.19. The van der Waals surface area contributed by atoms with E-state index < -0.39 is 29.7 Å². The molecule has 3 N–H and O–H groups in total. The second kappa shape index (κ2) is 13.1. The number of hydrogen-bond acceptors (Lipinski definition) is 6. The third-order valence-electron chi connectivity index (χ3n) is 5.78. The average Bonchev–Trinajstić information content (AvgIpc) is 2.95.